The zero-order valence-electron chi connectivity index (χ0n) is 11.2. The minimum atomic E-state index is 0.185. The Bertz CT molecular complexity index is 206. The summed E-state index contributed by atoms with van der Waals surface area (Å²) < 4.78 is 0. The molecule has 1 rings (SSSR count). The minimum absolute atomic E-state index is 0.185. The third-order valence-electron chi connectivity index (χ3n) is 3.43. The quantitative estimate of drug-likeness (QED) is 0.382. The number of hydroxylamine groups is 2. The van der Waals surface area contributed by atoms with Crippen molar-refractivity contribution in [2.24, 2.45) is 5.92 Å². The summed E-state index contributed by atoms with van der Waals surface area (Å²) in [4.78, 5) is 16.4. The van der Waals surface area contributed by atoms with Crippen LogP contribution in [-0.4, -0.2) is 37.2 Å². The number of carbonyl (C=O) groups is 1. The normalized spacial score (nSPS) is 21.4. The van der Waals surface area contributed by atoms with Gasteiger partial charge in [-0.05, 0) is 51.6 Å². The van der Waals surface area contributed by atoms with Gasteiger partial charge in [0.15, 0.2) is 0 Å². The van der Waals surface area contributed by atoms with Crippen LogP contribution in [0.25, 0.3) is 0 Å². The zero-order valence-corrected chi connectivity index (χ0v) is 11.2. The predicted octanol–water partition coefficient (Wildman–Crippen LogP) is 1.95. The highest BCUT2D eigenvalue weighted by Gasteiger charge is 2.18. The van der Waals surface area contributed by atoms with Crippen LogP contribution in [0, 0.1) is 5.92 Å². The van der Waals surface area contributed by atoms with Crippen LogP contribution in [0.15, 0.2) is 0 Å². The standard InChI is InChI=1S/C13H26N2O2/c1-3-4-9-17-15(11-16)12(2)5-6-13-7-8-14-10-13/h11-14H,3-10H2,1-2H3. The molecule has 2 atom stereocenters. The highest BCUT2D eigenvalue weighted by molar-refractivity contribution is 5.45. The monoisotopic (exact) mass is 242 g/mol. The Morgan fingerprint density at radius 3 is 3.00 bits per heavy atom. The fourth-order valence-electron chi connectivity index (χ4n) is 2.14. The molecule has 1 fully saturated rings. The van der Waals surface area contributed by atoms with Gasteiger partial charge in [0.05, 0.1) is 12.6 Å². The Morgan fingerprint density at radius 2 is 2.41 bits per heavy atom. The van der Waals surface area contributed by atoms with Gasteiger partial charge in [0.1, 0.15) is 0 Å². The lowest BCUT2D eigenvalue weighted by atomic mass is 10.00. The number of amides is 1. The van der Waals surface area contributed by atoms with E-state index in [1.807, 2.05) is 0 Å². The topological polar surface area (TPSA) is 41.6 Å². The van der Waals surface area contributed by atoms with Crippen LogP contribution in [-0.2, 0) is 9.63 Å². The van der Waals surface area contributed by atoms with E-state index >= 15 is 0 Å². The number of hydrogen-bond donors (Lipinski definition) is 1. The first-order valence-electron chi connectivity index (χ1n) is 6.85. The molecule has 1 saturated heterocycles. The van der Waals surface area contributed by atoms with Crippen LogP contribution < -0.4 is 5.32 Å². The molecular weight excluding hydrogens is 216 g/mol. The maximum atomic E-state index is 10.9. The zero-order chi connectivity index (χ0) is 12.5. The van der Waals surface area contributed by atoms with Crippen molar-refractivity contribution in [3.05, 3.63) is 0 Å². The maximum absolute atomic E-state index is 10.9. The van der Waals surface area contributed by atoms with Crippen molar-refractivity contribution in [1.29, 1.82) is 0 Å². The van der Waals surface area contributed by atoms with Crippen LogP contribution in [0.3, 0.4) is 0 Å². The molecule has 1 heterocycles. The summed E-state index contributed by atoms with van der Waals surface area (Å²) >= 11 is 0. The molecule has 1 aliphatic heterocycles. The van der Waals surface area contributed by atoms with Gasteiger partial charge in [-0.3, -0.25) is 9.63 Å². The maximum Gasteiger partial charge on any atom is 0.233 e. The summed E-state index contributed by atoms with van der Waals surface area (Å²) in [5, 5.41) is 4.85. The summed E-state index contributed by atoms with van der Waals surface area (Å²) in [5.41, 5.74) is 0. The summed E-state index contributed by atoms with van der Waals surface area (Å²) in [5.74, 6) is 0.779. The van der Waals surface area contributed by atoms with Gasteiger partial charge < -0.3 is 5.32 Å². The first-order valence-corrected chi connectivity index (χ1v) is 6.85. The first kappa shape index (κ1) is 14.5. The van der Waals surface area contributed by atoms with Crippen LogP contribution in [0.2, 0.25) is 0 Å². The number of hydrogen-bond acceptors (Lipinski definition) is 3. The smallest absolute Gasteiger partial charge is 0.233 e. The molecule has 0 aliphatic carbocycles. The van der Waals surface area contributed by atoms with E-state index in [9.17, 15) is 4.79 Å². The van der Waals surface area contributed by atoms with E-state index in [0.717, 1.165) is 44.7 Å². The second-order valence-electron chi connectivity index (χ2n) is 4.94. The molecule has 100 valence electrons. The molecule has 1 amide bonds. The fraction of sp³-hybridized carbons (Fsp3) is 0.923. The van der Waals surface area contributed by atoms with Crippen molar-refractivity contribution >= 4 is 6.41 Å². The van der Waals surface area contributed by atoms with E-state index in [0.29, 0.717) is 6.61 Å². The Balaban J connectivity index is 2.17. The average molecular weight is 242 g/mol. The Hall–Kier alpha value is -0.610. The molecular formula is C13H26N2O2. The number of unbranched alkanes of at least 4 members (excludes halogenated alkanes) is 1. The molecule has 0 bridgehead atoms. The summed E-state index contributed by atoms with van der Waals surface area (Å²) in [6.07, 6.45) is 6.38. The molecule has 0 aromatic carbocycles. The number of nitrogens with zero attached hydrogens (tertiary/aromatic N) is 1. The van der Waals surface area contributed by atoms with E-state index in [4.69, 9.17) is 4.84 Å². The van der Waals surface area contributed by atoms with Crippen molar-refractivity contribution in [3.8, 4) is 0 Å². The highest BCUT2D eigenvalue weighted by atomic mass is 16.7. The molecule has 0 aromatic rings. The van der Waals surface area contributed by atoms with Gasteiger partial charge in [-0.25, -0.2) is 5.06 Å². The summed E-state index contributed by atoms with van der Waals surface area (Å²) in [6.45, 7) is 7.09. The SMILES string of the molecule is CCCCON(C=O)C(C)CCC1CCNC1. The van der Waals surface area contributed by atoms with Crippen LogP contribution in [0.5, 0.6) is 0 Å². The van der Waals surface area contributed by atoms with Crippen molar-refractivity contribution in [2.75, 3.05) is 19.7 Å². The molecule has 4 heteroatoms. The van der Waals surface area contributed by atoms with Gasteiger partial charge in [0.2, 0.25) is 6.41 Å². The lowest BCUT2D eigenvalue weighted by molar-refractivity contribution is -0.186. The van der Waals surface area contributed by atoms with E-state index in [2.05, 4.69) is 19.2 Å². The van der Waals surface area contributed by atoms with Gasteiger partial charge in [-0.15, -0.1) is 0 Å². The van der Waals surface area contributed by atoms with Gasteiger partial charge in [-0.2, -0.15) is 0 Å². The number of rotatable bonds is 9. The molecule has 2 unspecified atom stereocenters. The number of carbonyl (C=O) groups excluding carboxylic acids is 1. The number of nitrogens with one attached hydrogen (secondary N) is 1. The van der Waals surface area contributed by atoms with E-state index in [1.165, 1.54) is 17.9 Å². The molecule has 1 aliphatic rings. The molecule has 0 saturated carbocycles. The van der Waals surface area contributed by atoms with Crippen molar-refractivity contribution in [2.45, 2.75) is 52.0 Å². The first-order chi connectivity index (χ1) is 8.27. The Morgan fingerprint density at radius 1 is 1.59 bits per heavy atom. The average Bonchev–Trinajstić information content (AvgIpc) is 2.85. The van der Waals surface area contributed by atoms with E-state index in [-0.39, 0.29) is 6.04 Å². The van der Waals surface area contributed by atoms with E-state index in [1.54, 1.807) is 0 Å². The van der Waals surface area contributed by atoms with Crippen molar-refractivity contribution < 1.29 is 9.63 Å². The van der Waals surface area contributed by atoms with Gasteiger partial charge >= 0.3 is 0 Å². The van der Waals surface area contributed by atoms with Gasteiger partial charge in [0.25, 0.3) is 0 Å². The van der Waals surface area contributed by atoms with Gasteiger partial charge in [-0.1, -0.05) is 13.3 Å². The molecule has 0 aromatic heterocycles. The Kier molecular flexibility index (Phi) is 7.21. The minimum Gasteiger partial charge on any atom is -0.316 e. The molecule has 17 heavy (non-hydrogen) atoms. The largest absolute Gasteiger partial charge is 0.316 e. The second-order valence-corrected chi connectivity index (χ2v) is 4.94. The van der Waals surface area contributed by atoms with Gasteiger partial charge in [0, 0.05) is 0 Å². The predicted molar refractivity (Wildman–Crippen MR) is 68.4 cm³/mol. The second kappa shape index (κ2) is 8.48. The van der Waals surface area contributed by atoms with Crippen molar-refractivity contribution in [1.82, 2.24) is 10.4 Å². The lowest BCUT2D eigenvalue weighted by Gasteiger charge is -2.24. The Labute approximate surface area is 105 Å². The molecule has 0 radical (unpaired) electrons. The molecule has 4 nitrogen and oxygen atoms in total. The van der Waals surface area contributed by atoms with E-state index < -0.39 is 0 Å². The molecule has 0 spiro atoms. The fourth-order valence-corrected chi connectivity index (χ4v) is 2.14. The summed E-state index contributed by atoms with van der Waals surface area (Å²) in [7, 11) is 0. The summed E-state index contributed by atoms with van der Waals surface area (Å²) in [6, 6.07) is 0.185. The van der Waals surface area contributed by atoms with Crippen LogP contribution in [0.1, 0.15) is 46.0 Å². The lowest BCUT2D eigenvalue weighted by Crippen LogP contribution is -2.32. The molecule has 1 N–H and O–H groups in total. The van der Waals surface area contributed by atoms with Crippen LogP contribution >= 0.6 is 0 Å². The van der Waals surface area contributed by atoms with Crippen molar-refractivity contribution in [3.63, 3.8) is 0 Å². The van der Waals surface area contributed by atoms with Crippen LogP contribution in [0.4, 0.5) is 0 Å². The third kappa shape index (κ3) is 5.50. The highest BCUT2D eigenvalue weighted by Crippen LogP contribution is 2.17. The third-order valence-corrected chi connectivity index (χ3v) is 3.43.